The molecular weight excluding hydrogens is 639 g/mol. The molecule has 53 heavy (non-hydrogen) atoms. The van der Waals surface area contributed by atoms with Crippen molar-refractivity contribution in [3.8, 4) is 44.5 Å². The van der Waals surface area contributed by atoms with Crippen LogP contribution in [0.4, 0.5) is 17.1 Å². The van der Waals surface area contributed by atoms with E-state index in [2.05, 4.69) is 181 Å². The van der Waals surface area contributed by atoms with Crippen LogP contribution in [0.15, 0.2) is 176 Å². The van der Waals surface area contributed by atoms with E-state index >= 15 is 0 Å². The van der Waals surface area contributed by atoms with Gasteiger partial charge >= 0.3 is 0 Å². The monoisotopic (exact) mass is 681 g/mol. The van der Waals surface area contributed by atoms with Gasteiger partial charge in [0.1, 0.15) is 0 Å². The molecular formula is C52H43N. The number of anilines is 3. The largest absolute Gasteiger partial charge is 0.310 e. The fourth-order valence-corrected chi connectivity index (χ4v) is 11.5. The Labute approximate surface area is 313 Å². The third-order valence-electron chi connectivity index (χ3n) is 13.5. The zero-order valence-corrected chi connectivity index (χ0v) is 30.0. The molecule has 0 amide bonds. The molecule has 12 rings (SSSR count). The van der Waals surface area contributed by atoms with Crippen LogP contribution in [0.1, 0.15) is 43.2 Å². The summed E-state index contributed by atoms with van der Waals surface area (Å²) in [5, 5.41) is 0. The maximum atomic E-state index is 2.54. The van der Waals surface area contributed by atoms with E-state index in [4.69, 9.17) is 0 Å². The Bertz CT molecular complexity index is 2330. The molecule has 0 aliphatic heterocycles. The van der Waals surface area contributed by atoms with E-state index in [1.165, 1.54) is 76.6 Å². The Morgan fingerprint density at radius 3 is 1.42 bits per heavy atom. The highest BCUT2D eigenvalue weighted by molar-refractivity contribution is 5.87. The lowest BCUT2D eigenvalue weighted by Gasteiger charge is -2.61. The zero-order valence-electron chi connectivity index (χ0n) is 30.0. The summed E-state index contributed by atoms with van der Waals surface area (Å²) in [6.45, 7) is 0. The predicted molar refractivity (Wildman–Crippen MR) is 221 cm³/mol. The van der Waals surface area contributed by atoms with Gasteiger partial charge in [-0.25, -0.2) is 0 Å². The van der Waals surface area contributed by atoms with E-state index in [9.17, 15) is 0 Å². The summed E-state index contributed by atoms with van der Waals surface area (Å²) in [5.41, 5.74) is 17.3. The van der Waals surface area contributed by atoms with Crippen LogP contribution in [-0.2, 0) is 5.41 Å². The third kappa shape index (κ3) is 4.90. The number of rotatable bonds is 6. The molecule has 1 nitrogen and oxygen atoms in total. The Hall–Kier alpha value is -5.66. The molecule has 4 fully saturated rings. The molecule has 0 radical (unpaired) electrons. The SMILES string of the molecule is c1ccc(-c2ccc(N(c3ccc(-c4ccccc4)cc3)c3cccc(-c4ccc5c(c4)-c4ccccc4C54C5CC6CC(C5)CC4C6)c3)cc2)cc1. The second-order valence-electron chi connectivity index (χ2n) is 16.2. The molecule has 0 saturated heterocycles. The van der Waals surface area contributed by atoms with Crippen LogP contribution in [0.5, 0.6) is 0 Å². The van der Waals surface area contributed by atoms with Crippen LogP contribution in [-0.4, -0.2) is 0 Å². The summed E-state index contributed by atoms with van der Waals surface area (Å²) < 4.78 is 0. The Balaban J connectivity index is 1.00. The molecule has 1 spiro atoms. The number of hydrogen-bond acceptors (Lipinski definition) is 1. The quantitative estimate of drug-likeness (QED) is 0.169. The lowest BCUT2D eigenvalue weighted by atomic mass is 9.43. The van der Waals surface area contributed by atoms with Gasteiger partial charge in [0.2, 0.25) is 0 Å². The molecule has 7 aromatic carbocycles. The lowest BCUT2D eigenvalue weighted by molar-refractivity contribution is -0.0399. The van der Waals surface area contributed by atoms with E-state index in [-0.39, 0.29) is 5.41 Å². The van der Waals surface area contributed by atoms with Crippen molar-refractivity contribution in [3.05, 3.63) is 187 Å². The fourth-order valence-electron chi connectivity index (χ4n) is 11.5. The van der Waals surface area contributed by atoms with Gasteiger partial charge in [-0.3, -0.25) is 0 Å². The van der Waals surface area contributed by atoms with Gasteiger partial charge in [0, 0.05) is 22.5 Å². The molecule has 1 heteroatoms. The van der Waals surface area contributed by atoms with Crippen molar-refractivity contribution >= 4 is 17.1 Å². The van der Waals surface area contributed by atoms with Gasteiger partial charge in [0.15, 0.2) is 0 Å². The zero-order chi connectivity index (χ0) is 34.9. The van der Waals surface area contributed by atoms with Gasteiger partial charge in [-0.05, 0) is 154 Å². The van der Waals surface area contributed by atoms with Crippen LogP contribution in [0.2, 0.25) is 0 Å². The molecule has 5 aliphatic rings. The molecule has 5 aliphatic carbocycles. The number of benzene rings is 7. The first-order chi connectivity index (χ1) is 26.2. The van der Waals surface area contributed by atoms with Crippen molar-refractivity contribution in [2.24, 2.45) is 23.7 Å². The van der Waals surface area contributed by atoms with Crippen molar-refractivity contribution in [1.82, 2.24) is 0 Å². The van der Waals surface area contributed by atoms with Crippen molar-refractivity contribution in [3.63, 3.8) is 0 Å². The molecule has 0 N–H and O–H groups in total. The molecule has 0 aromatic heterocycles. The number of nitrogens with zero attached hydrogens (tertiary/aromatic N) is 1. The Kier molecular flexibility index (Phi) is 7.12. The predicted octanol–water partition coefficient (Wildman–Crippen LogP) is 13.9. The van der Waals surface area contributed by atoms with E-state index in [1.807, 2.05) is 0 Å². The highest BCUT2D eigenvalue weighted by Crippen LogP contribution is 2.69. The van der Waals surface area contributed by atoms with Gasteiger partial charge in [-0.15, -0.1) is 0 Å². The first kappa shape index (κ1) is 30.9. The van der Waals surface area contributed by atoms with Gasteiger partial charge in [0.05, 0.1) is 0 Å². The lowest BCUT2D eigenvalue weighted by Crippen LogP contribution is -2.55. The fraction of sp³-hybridized carbons (Fsp3) is 0.192. The standard InChI is InChI=1S/C52H43N/c1-3-10-37(11-4-1)39-18-23-45(24-19-39)53(46-25-20-40(21-26-46)38-12-5-2-6-13-38)47-15-9-14-41(33-47)42-22-27-51-49(34-42)48-16-7-8-17-50(48)52(51)43-29-35-28-36(31-43)32-44(52)30-35/h1-27,33-36,43-44H,28-32H2. The normalized spacial score (nSPS) is 23.2. The van der Waals surface area contributed by atoms with E-state index in [0.717, 1.165) is 40.7 Å². The van der Waals surface area contributed by atoms with Crippen LogP contribution in [0.25, 0.3) is 44.5 Å². The van der Waals surface area contributed by atoms with E-state index in [0.29, 0.717) is 0 Å². The highest BCUT2D eigenvalue weighted by Gasteiger charge is 2.61. The van der Waals surface area contributed by atoms with Gasteiger partial charge in [-0.2, -0.15) is 0 Å². The Morgan fingerprint density at radius 2 is 0.811 bits per heavy atom. The average molecular weight is 682 g/mol. The summed E-state index contributed by atoms with van der Waals surface area (Å²) >= 11 is 0. The molecule has 0 heterocycles. The third-order valence-corrected chi connectivity index (χ3v) is 13.5. The van der Waals surface area contributed by atoms with Crippen molar-refractivity contribution in [2.45, 2.75) is 37.5 Å². The Morgan fingerprint density at radius 1 is 0.340 bits per heavy atom. The van der Waals surface area contributed by atoms with Gasteiger partial charge in [0.25, 0.3) is 0 Å². The highest BCUT2D eigenvalue weighted by atomic mass is 15.1. The molecule has 0 unspecified atom stereocenters. The molecule has 4 saturated carbocycles. The van der Waals surface area contributed by atoms with E-state index in [1.54, 1.807) is 11.1 Å². The second-order valence-corrected chi connectivity index (χ2v) is 16.2. The molecule has 0 atom stereocenters. The number of hydrogen-bond donors (Lipinski definition) is 0. The topological polar surface area (TPSA) is 3.24 Å². The summed E-state index contributed by atoms with van der Waals surface area (Å²) in [5.74, 6) is 3.47. The second kappa shape index (κ2) is 12.2. The first-order valence-corrected chi connectivity index (χ1v) is 19.7. The van der Waals surface area contributed by atoms with Crippen LogP contribution >= 0.6 is 0 Å². The minimum absolute atomic E-state index is 0.203. The summed E-state index contributed by atoms with van der Waals surface area (Å²) in [6.07, 6.45) is 7.15. The summed E-state index contributed by atoms with van der Waals surface area (Å²) in [7, 11) is 0. The van der Waals surface area contributed by atoms with Crippen molar-refractivity contribution < 1.29 is 0 Å². The van der Waals surface area contributed by atoms with E-state index < -0.39 is 0 Å². The minimum Gasteiger partial charge on any atom is -0.310 e. The van der Waals surface area contributed by atoms with Crippen LogP contribution < -0.4 is 4.90 Å². The number of fused-ring (bicyclic) bond motifs is 3. The molecule has 256 valence electrons. The molecule has 7 aromatic rings. The van der Waals surface area contributed by atoms with Gasteiger partial charge < -0.3 is 4.90 Å². The average Bonchev–Trinajstić information content (AvgIpc) is 3.51. The molecule has 4 bridgehead atoms. The summed E-state index contributed by atoms with van der Waals surface area (Å²) in [6, 6.07) is 65.5. The first-order valence-electron chi connectivity index (χ1n) is 19.7. The van der Waals surface area contributed by atoms with Crippen LogP contribution in [0, 0.1) is 23.7 Å². The maximum absolute atomic E-state index is 2.54. The smallest absolute Gasteiger partial charge is 0.0467 e. The summed E-state index contributed by atoms with van der Waals surface area (Å²) in [4.78, 5) is 2.40. The van der Waals surface area contributed by atoms with Crippen molar-refractivity contribution in [2.75, 3.05) is 4.90 Å². The maximum Gasteiger partial charge on any atom is 0.0467 e. The van der Waals surface area contributed by atoms with Gasteiger partial charge in [-0.1, -0.05) is 133 Å². The van der Waals surface area contributed by atoms with Crippen molar-refractivity contribution in [1.29, 1.82) is 0 Å². The van der Waals surface area contributed by atoms with Crippen LogP contribution in [0.3, 0.4) is 0 Å². The minimum atomic E-state index is 0.203.